The van der Waals surface area contributed by atoms with E-state index in [1.807, 2.05) is 19.1 Å². The maximum Gasteiger partial charge on any atom is 0.211 e. The zero-order chi connectivity index (χ0) is 16.8. The SMILES string of the molecule is Cc1c(Cl)ccc2sc(N3CCC(N(C)S(C)(=O)=O)CC3)nc12. The zero-order valence-corrected chi connectivity index (χ0v) is 15.8. The van der Waals surface area contributed by atoms with Crippen LogP contribution in [-0.4, -0.2) is 50.1 Å². The van der Waals surface area contributed by atoms with E-state index in [2.05, 4.69) is 4.90 Å². The molecule has 8 heteroatoms. The maximum absolute atomic E-state index is 11.7. The first-order chi connectivity index (χ1) is 10.8. The second-order valence-electron chi connectivity index (χ2n) is 6.01. The fourth-order valence-electron chi connectivity index (χ4n) is 2.92. The second kappa shape index (κ2) is 6.20. The number of hydrogen-bond donors (Lipinski definition) is 0. The lowest BCUT2D eigenvalue weighted by Gasteiger charge is -2.35. The lowest BCUT2D eigenvalue weighted by molar-refractivity contribution is 0.314. The average molecular weight is 374 g/mol. The highest BCUT2D eigenvalue weighted by molar-refractivity contribution is 7.88. The van der Waals surface area contributed by atoms with Crippen molar-refractivity contribution >= 4 is 48.3 Å². The number of hydrogen-bond acceptors (Lipinski definition) is 5. The lowest BCUT2D eigenvalue weighted by atomic mass is 10.1. The van der Waals surface area contributed by atoms with Crippen molar-refractivity contribution < 1.29 is 8.42 Å². The minimum Gasteiger partial charge on any atom is -0.348 e. The standard InChI is InChI=1S/C15H20ClN3O2S2/c1-10-12(16)4-5-13-14(10)17-15(22-13)19-8-6-11(7-9-19)18(2)23(3,20)21/h4-5,11H,6-9H2,1-3H3. The summed E-state index contributed by atoms with van der Waals surface area (Å²) in [5, 5.41) is 1.73. The molecule has 23 heavy (non-hydrogen) atoms. The molecule has 0 N–H and O–H groups in total. The van der Waals surface area contributed by atoms with Crippen molar-refractivity contribution in [3.05, 3.63) is 22.7 Å². The summed E-state index contributed by atoms with van der Waals surface area (Å²) in [6.45, 7) is 3.62. The molecular formula is C15H20ClN3O2S2. The monoisotopic (exact) mass is 373 g/mol. The summed E-state index contributed by atoms with van der Waals surface area (Å²) in [4.78, 5) is 6.98. The van der Waals surface area contributed by atoms with E-state index in [0.29, 0.717) is 0 Å². The van der Waals surface area contributed by atoms with Crippen LogP contribution in [0.3, 0.4) is 0 Å². The largest absolute Gasteiger partial charge is 0.348 e. The van der Waals surface area contributed by atoms with Crippen LogP contribution in [0.25, 0.3) is 10.2 Å². The van der Waals surface area contributed by atoms with E-state index in [1.54, 1.807) is 18.4 Å². The number of nitrogens with zero attached hydrogens (tertiary/aromatic N) is 3. The summed E-state index contributed by atoms with van der Waals surface area (Å²) in [6.07, 6.45) is 2.90. The number of benzene rings is 1. The molecule has 0 spiro atoms. The lowest BCUT2D eigenvalue weighted by Crippen LogP contribution is -2.45. The Morgan fingerprint density at radius 1 is 1.35 bits per heavy atom. The highest BCUT2D eigenvalue weighted by Gasteiger charge is 2.28. The van der Waals surface area contributed by atoms with Gasteiger partial charge in [-0.2, -0.15) is 0 Å². The van der Waals surface area contributed by atoms with Crippen molar-refractivity contribution in [3.63, 3.8) is 0 Å². The molecule has 126 valence electrons. The summed E-state index contributed by atoms with van der Waals surface area (Å²) in [7, 11) is -1.46. The highest BCUT2D eigenvalue weighted by atomic mass is 35.5. The highest BCUT2D eigenvalue weighted by Crippen LogP contribution is 2.34. The molecule has 0 unspecified atom stereocenters. The van der Waals surface area contributed by atoms with E-state index in [-0.39, 0.29) is 6.04 Å². The quantitative estimate of drug-likeness (QED) is 0.829. The number of fused-ring (bicyclic) bond motifs is 1. The molecule has 0 aliphatic carbocycles. The first kappa shape index (κ1) is 17.0. The van der Waals surface area contributed by atoms with Gasteiger partial charge in [0, 0.05) is 31.2 Å². The molecule has 1 aromatic heterocycles. The number of anilines is 1. The summed E-state index contributed by atoms with van der Waals surface area (Å²) in [5.74, 6) is 0. The van der Waals surface area contributed by atoms with Crippen LogP contribution in [0.15, 0.2) is 12.1 Å². The molecule has 1 fully saturated rings. The van der Waals surface area contributed by atoms with Crippen LogP contribution in [0.4, 0.5) is 5.13 Å². The molecule has 2 heterocycles. The molecule has 0 amide bonds. The van der Waals surface area contributed by atoms with Crippen LogP contribution in [0.5, 0.6) is 0 Å². The number of piperidine rings is 1. The fourth-order valence-corrected chi connectivity index (χ4v) is 4.90. The molecule has 1 aliphatic heterocycles. The topological polar surface area (TPSA) is 53.5 Å². The molecule has 0 atom stereocenters. The van der Waals surface area contributed by atoms with Crippen molar-refractivity contribution in [1.29, 1.82) is 0 Å². The van der Waals surface area contributed by atoms with Crippen LogP contribution < -0.4 is 4.90 Å². The van der Waals surface area contributed by atoms with Crippen molar-refractivity contribution in [3.8, 4) is 0 Å². The van der Waals surface area contributed by atoms with Crippen LogP contribution >= 0.6 is 22.9 Å². The van der Waals surface area contributed by atoms with Crippen LogP contribution in [0.2, 0.25) is 5.02 Å². The number of halogens is 1. The molecule has 1 saturated heterocycles. The third kappa shape index (κ3) is 3.33. The van der Waals surface area contributed by atoms with Gasteiger partial charge < -0.3 is 4.90 Å². The molecule has 2 aromatic rings. The summed E-state index contributed by atoms with van der Waals surface area (Å²) >= 11 is 7.83. The summed E-state index contributed by atoms with van der Waals surface area (Å²) < 4.78 is 25.9. The van der Waals surface area contributed by atoms with Gasteiger partial charge >= 0.3 is 0 Å². The van der Waals surface area contributed by atoms with E-state index in [0.717, 1.165) is 51.9 Å². The molecule has 3 rings (SSSR count). The molecule has 1 aromatic carbocycles. The number of rotatable bonds is 3. The fraction of sp³-hybridized carbons (Fsp3) is 0.533. The second-order valence-corrected chi connectivity index (χ2v) is 9.47. The first-order valence-corrected chi connectivity index (χ1v) is 10.6. The van der Waals surface area contributed by atoms with E-state index in [9.17, 15) is 8.42 Å². The Morgan fingerprint density at radius 2 is 2.00 bits per heavy atom. The molecule has 0 saturated carbocycles. The van der Waals surface area contributed by atoms with Gasteiger partial charge in [-0.15, -0.1) is 0 Å². The van der Waals surface area contributed by atoms with Crippen LogP contribution in [-0.2, 0) is 10.0 Å². The van der Waals surface area contributed by atoms with Gasteiger partial charge in [-0.3, -0.25) is 0 Å². The van der Waals surface area contributed by atoms with Crippen molar-refractivity contribution in [1.82, 2.24) is 9.29 Å². The van der Waals surface area contributed by atoms with Gasteiger partial charge in [-0.25, -0.2) is 17.7 Å². The van der Waals surface area contributed by atoms with Crippen LogP contribution in [0, 0.1) is 6.92 Å². The Bertz CT molecular complexity index is 827. The third-order valence-electron chi connectivity index (χ3n) is 4.51. The molecule has 0 radical (unpaired) electrons. The minimum absolute atomic E-state index is 0.0757. The van der Waals surface area contributed by atoms with Crippen molar-refractivity contribution in [2.45, 2.75) is 25.8 Å². The van der Waals surface area contributed by atoms with Gasteiger partial charge in [-0.1, -0.05) is 22.9 Å². The van der Waals surface area contributed by atoms with Crippen LogP contribution in [0.1, 0.15) is 18.4 Å². The Balaban J connectivity index is 1.77. The Hall–Kier alpha value is -0.890. The van der Waals surface area contributed by atoms with Gasteiger partial charge in [0.25, 0.3) is 0 Å². The smallest absolute Gasteiger partial charge is 0.211 e. The average Bonchev–Trinajstić information content (AvgIpc) is 2.94. The number of aromatic nitrogens is 1. The first-order valence-electron chi connectivity index (χ1n) is 7.51. The predicted octanol–water partition coefficient (Wildman–Crippen LogP) is 3.12. The Kier molecular flexibility index (Phi) is 4.57. The minimum atomic E-state index is -3.13. The normalized spacial score (nSPS) is 17.3. The molecular weight excluding hydrogens is 354 g/mol. The molecule has 0 bridgehead atoms. The van der Waals surface area contributed by atoms with Gasteiger partial charge in [0.1, 0.15) is 0 Å². The van der Waals surface area contributed by atoms with E-state index in [1.165, 1.54) is 10.6 Å². The van der Waals surface area contributed by atoms with Crippen molar-refractivity contribution in [2.24, 2.45) is 0 Å². The summed E-state index contributed by atoms with van der Waals surface area (Å²) in [6, 6.07) is 4.00. The molecule has 5 nitrogen and oxygen atoms in total. The maximum atomic E-state index is 11.7. The third-order valence-corrected chi connectivity index (χ3v) is 7.34. The van der Waals surface area contributed by atoms with Crippen molar-refractivity contribution in [2.75, 3.05) is 31.3 Å². The predicted molar refractivity (Wildman–Crippen MR) is 97.2 cm³/mol. The Labute approximate surface area is 145 Å². The van der Waals surface area contributed by atoms with Gasteiger partial charge in [-0.05, 0) is 37.5 Å². The van der Waals surface area contributed by atoms with Gasteiger partial charge in [0.05, 0.1) is 16.5 Å². The number of thiazole rings is 1. The Morgan fingerprint density at radius 3 is 2.61 bits per heavy atom. The van der Waals surface area contributed by atoms with E-state index in [4.69, 9.17) is 16.6 Å². The van der Waals surface area contributed by atoms with E-state index < -0.39 is 10.0 Å². The van der Waals surface area contributed by atoms with Gasteiger partial charge in [0.2, 0.25) is 10.0 Å². The number of aryl methyl sites for hydroxylation is 1. The summed E-state index contributed by atoms with van der Waals surface area (Å²) in [5.41, 5.74) is 1.98. The number of sulfonamides is 1. The zero-order valence-electron chi connectivity index (χ0n) is 13.4. The molecule has 1 aliphatic rings. The van der Waals surface area contributed by atoms with Gasteiger partial charge in [0.15, 0.2) is 5.13 Å². The van der Waals surface area contributed by atoms with E-state index >= 15 is 0 Å².